The second-order valence-corrected chi connectivity index (χ2v) is 10.4. The van der Waals surface area contributed by atoms with Gasteiger partial charge in [-0.05, 0) is 24.3 Å². The fraction of sp³-hybridized carbons (Fsp3) is 0.667. The summed E-state index contributed by atoms with van der Waals surface area (Å²) in [5.74, 6) is 4.01. The smallest absolute Gasteiger partial charge is 0.129 e. The Morgan fingerprint density at radius 1 is 1.50 bits per heavy atom. The Balaban J connectivity index is 2.20. The van der Waals surface area contributed by atoms with E-state index in [0.717, 1.165) is 18.4 Å². The maximum absolute atomic E-state index is 9.64. The number of fused-ring (bicyclic) bond motifs is 1. The van der Waals surface area contributed by atoms with Gasteiger partial charge in [0.25, 0.3) is 0 Å². The normalized spacial score (nSPS) is 40.1. The zero-order chi connectivity index (χ0) is 10.6. The molecule has 0 unspecified atom stereocenters. The lowest BCUT2D eigenvalue weighted by Gasteiger charge is -2.12. The van der Waals surface area contributed by atoms with Crippen LogP contribution in [0.4, 0.5) is 0 Å². The molecule has 14 heavy (non-hydrogen) atoms. The summed E-state index contributed by atoms with van der Waals surface area (Å²) in [4.78, 5) is 0. The van der Waals surface area contributed by atoms with Crippen LogP contribution in [0.25, 0.3) is 0 Å². The molecular weight excluding hydrogens is 188 g/mol. The predicted molar refractivity (Wildman–Crippen MR) is 61.4 cm³/mol. The Bertz CT molecular complexity index is 342. The molecule has 76 valence electrons. The van der Waals surface area contributed by atoms with Crippen molar-refractivity contribution in [2.45, 2.75) is 38.6 Å². The van der Waals surface area contributed by atoms with Crippen molar-refractivity contribution in [2.24, 2.45) is 11.3 Å². The van der Waals surface area contributed by atoms with E-state index in [1.165, 1.54) is 0 Å². The first-order valence-electron chi connectivity index (χ1n) is 5.27. The van der Waals surface area contributed by atoms with Crippen LogP contribution in [0.15, 0.2) is 12.2 Å². The maximum atomic E-state index is 9.64. The molecule has 2 aliphatic rings. The van der Waals surface area contributed by atoms with Crippen molar-refractivity contribution in [3.8, 4) is 11.5 Å². The van der Waals surface area contributed by atoms with Crippen LogP contribution in [0.1, 0.15) is 12.8 Å². The molecule has 0 spiro atoms. The first-order valence-corrected chi connectivity index (χ1v) is 8.77. The lowest BCUT2D eigenvalue weighted by atomic mass is 9.99. The van der Waals surface area contributed by atoms with Crippen molar-refractivity contribution in [1.82, 2.24) is 0 Å². The van der Waals surface area contributed by atoms with Gasteiger partial charge in [-0.2, -0.15) is 0 Å². The van der Waals surface area contributed by atoms with Crippen molar-refractivity contribution in [3.63, 3.8) is 0 Å². The summed E-state index contributed by atoms with van der Waals surface area (Å²) < 4.78 is 0. The third kappa shape index (κ3) is 1.45. The highest BCUT2D eigenvalue weighted by Gasteiger charge is 2.61. The van der Waals surface area contributed by atoms with Crippen LogP contribution in [0, 0.1) is 22.8 Å². The summed E-state index contributed by atoms with van der Waals surface area (Å²) >= 11 is 0. The Kier molecular flexibility index (Phi) is 1.96. The van der Waals surface area contributed by atoms with Gasteiger partial charge in [-0.3, -0.25) is 0 Å². The van der Waals surface area contributed by atoms with Crippen LogP contribution >= 0.6 is 0 Å². The molecule has 1 N–H and O–H groups in total. The summed E-state index contributed by atoms with van der Waals surface area (Å²) in [6.45, 7) is 10.8. The summed E-state index contributed by atoms with van der Waals surface area (Å²) in [6.07, 6.45) is 1.74. The Labute approximate surface area is 87.2 Å². The predicted octanol–water partition coefficient (Wildman–Crippen LogP) is 2.19. The molecule has 0 saturated heterocycles. The van der Waals surface area contributed by atoms with Crippen molar-refractivity contribution in [2.75, 3.05) is 0 Å². The van der Waals surface area contributed by atoms with E-state index in [2.05, 4.69) is 37.7 Å². The van der Waals surface area contributed by atoms with Crippen molar-refractivity contribution in [1.29, 1.82) is 0 Å². The first kappa shape index (κ1) is 10.0. The number of hydrogen-bond acceptors (Lipinski definition) is 1. The molecule has 2 aliphatic carbocycles. The van der Waals surface area contributed by atoms with E-state index >= 15 is 0 Å². The van der Waals surface area contributed by atoms with Gasteiger partial charge in [-0.15, -0.1) is 5.54 Å². The molecule has 2 rings (SSSR count). The quantitative estimate of drug-likeness (QED) is 0.366. The van der Waals surface area contributed by atoms with Crippen molar-refractivity contribution in [3.05, 3.63) is 12.2 Å². The molecule has 0 heterocycles. The fourth-order valence-corrected chi connectivity index (χ4v) is 2.85. The summed E-state index contributed by atoms with van der Waals surface area (Å²) in [5, 5.41) is 9.64. The topological polar surface area (TPSA) is 20.2 Å². The van der Waals surface area contributed by atoms with Crippen LogP contribution < -0.4 is 0 Å². The lowest BCUT2D eigenvalue weighted by molar-refractivity contribution is 0.206. The Hall–Kier alpha value is -0.523. The zero-order valence-electron chi connectivity index (χ0n) is 9.22. The van der Waals surface area contributed by atoms with Crippen LogP contribution in [0.5, 0.6) is 0 Å². The minimum absolute atomic E-state index is 0.0275. The standard InChI is InChI=1S/C12H18OSi/c1-9-11(13)7-10-8-12(9,10)5-6-14(2,3)4/h10-11,13H,1,7-8H2,2-4H3/t10-,11+,12-/m1/s1. The van der Waals surface area contributed by atoms with Crippen molar-refractivity contribution < 1.29 is 5.11 Å². The number of rotatable bonds is 0. The third-order valence-corrected chi connectivity index (χ3v) is 4.12. The molecule has 0 radical (unpaired) electrons. The van der Waals surface area contributed by atoms with Gasteiger partial charge in [-0.25, -0.2) is 0 Å². The molecule has 2 heteroatoms. The second kappa shape index (κ2) is 2.74. The summed E-state index contributed by atoms with van der Waals surface area (Å²) in [6, 6.07) is 0. The molecular formula is C12H18OSi. The molecule has 0 bridgehead atoms. The number of aliphatic hydroxyl groups excluding tert-OH is 1. The molecule has 3 atom stereocenters. The summed E-state index contributed by atoms with van der Waals surface area (Å²) in [7, 11) is -1.28. The number of hydrogen-bond donors (Lipinski definition) is 1. The van der Waals surface area contributed by atoms with E-state index in [4.69, 9.17) is 0 Å². The average molecular weight is 206 g/mol. The van der Waals surface area contributed by atoms with Crippen LogP contribution in [-0.2, 0) is 0 Å². The van der Waals surface area contributed by atoms with Gasteiger partial charge in [-0.1, -0.05) is 32.1 Å². The Morgan fingerprint density at radius 3 is 2.57 bits per heavy atom. The van der Waals surface area contributed by atoms with Gasteiger partial charge in [0.2, 0.25) is 0 Å². The second-order valence-electron chi connectivity index (χ2n) is 5.65. The SMILES string of the molecule is C=C1[C@@H](O)C[C@@H]2C[C@]12C#C[Si](C)(C)C. The van der Waals surface area contributed by atoms with Crippen LogP contribution in [-0.4, -0.2) is 19.3 Å². The maximum Gasteiger partial charge on any atom is 0.129 e. The largest absolute Gasteiger partial charge is 0.389 e. The average Bonchev–Trinajstić information content (AvgIpc) is 2.68. The van der Waals surface area contributed by atoms with E-state index < -0.39 is 8.07 Å². The molecule has 1 nitrogen and oxygen atoms in total. The molecule has 2 fully saturated rings. The molecule has 0 aromatic heterocycles. The highest BCUT2D eigenvalue weighted by Crippen LogP contribution is 2.65. The van der Waals surface area contributed by atoms with E-state index in [1.807, 2.05) is 0 Å². The van der Waals surface area contributed by atoms with Gasteiger partial charge < -0.3 is 5.11 Å². The first-order chi connectivity index (χ1) is 6.35. The molecule has 0 aromatic carbocycles. The third-order valence-electron chi connectivity index (χ3n) is 3.25. The molecule has 0 aliphatic heterocycles. The van der Waals surface area contributed by atoms with Crippen molar-refractivity contribution >= 4 is 8.07 Å². The van der Waals surface area contributed by atoms with Gasteiger partial charge in [0, 0.05) is 0 Å². The van der Waals surface area contributed by atoms with Gasteiger partial charge in [0.15, 0.2) is 0 Å². The van der Waals surface area contributed by atoms with Gasteiger partial charge in [0.05, 0.1) is 11.5 Å². The minimum Gasteiger partial charge on any atom is -0.389 e. The van der Waals surface area contributed by atoms with Gasteiger partial charge >= 0.3 is 0 Å². The van der Waals surface area contributed by atoms with Crippen LogP contribution in [0.3, 0.4) is 0 Å². The molecule has 2 saturated carbocycles. The molecule has 0 aromatic rings. The number of aliphatic hydroxyl groups is 1. The van der Waals surface area contributed by atoms with Crippen LogP contribution in [0.2, 0.25) is 19.6 Å². The van der Waals surface area contributed by atoms with E-state index in [9.17, 15) is 5.11 Å². The van der Waals surface area contributed by atoms with E-state index in [0.29, 0.717) is 5.92 Å². The lowest BCUT2D eigenvalue weighted by Crippen LogP contribution is -2.18. The monoisotopic (exact) mass is 206 g/mol. The van der Waals surface area contributed by atoms with E-state index in [-0.39, 0.29) is 11.5 Å². The highest BCUT2D eigenvalue weighted by molar-refractivity contribution is 6.83. The highest BCUT2D eigenvalue weighted by atomic mass is 28.3. The summed E-state index contributed by atoms with van der Waals surface area (Å²) in [5.41, 5.74) is 4.42. The Morgan fingerprint density at radius 2 is 2.14 bits per heavy atom. The zero-order valence-corrected chi connectivity index (χ0v) is 10.2. The fourth-order valence-electron chi connectivity index (χ4n) is 2.25. The minimum atomic E-state index is -1.28. The van der Waals surface area contributed by atoms with E-state index in [1.54, 1.807) is 0 Å². The van der Waals surface area contributed by atoms with Gasteiger partial charge in [0.1, 0.15) is 8.07 Å². The molecule has 0 amide bonds.